The van der Waals surface area contributed by atoms with Crippen molar-refractivity contribution in [1.29, 1.82) is 0 Å². The van der Waals surface area contributed by atoms with E-state index in [1.807, 2.05) is 37.3 Å². The molecule has 1 aliphatic rings. The van der Waals surface area contributed by atoms with Crippen molar-refractivity contribution >= 4 is 5.97 Å². The third-order valence-electron chi connectivity index (χ3n) is 2.45. The monoisotopic (exact) mass is 206 g/mol. The van der Waals surface area contributed by atoms with Crippen molar-refractivity contribution in [2.75, 3.05) is 0 Å². The second-order valence-electron chi connectivity index (χ2n) is 3.73. The smallest absolute Gasteiger partial charge is 0.308 e. The van der Waals surface area contributed by atoms with E-state index in [9.17, 15) is 4.79 Å². The molecular formula is C12H14O3. The van der Waals surface area contributed by atoms with Crippen molar-refractivity contribution in [2.45, 2.75) is 32.2 Å². The van der Waals surface area contributed by atoms with Crippen LogP contribution < -0.4 is 0 Å². The number of esters is 1. The Balaban J connectivity index is 1.71. The van der Waals surface area contributed by atoms with Crippen molar-refractivity contribution < 1.29 is 14.3 Å². The molecule has 0 amide bonds. The fraction of sp³-hybridized carbons (Fsp3) is 0.417. The average molecular weight is 206 g/mol. The topological polar surface area (TPSA) is 38.8 Å². The van der Waals surface area contributed by atoms with Gasteiger partial charge in [0.25, 0.3) is 0 Å². The first-order valence-electron chi connectivity index (χ1n) is 5.11. The van der Waals surface area contributed by atoms with Gasteiger partial charge in [0.1, 0.15) is 6.61 Å². The maximum absolute atomic E-state index is 11.3. The average Bonchev–Trinajstić information content (AvgIpc) is 2.93. The van der Waals surface area contributed by atoms with E-state index in [0.29, 0.717) is 13.0 Å². The Bertz CT molecular complexity index is 334. The first-order chi connectivity index (χ1) is 7.25. The summed E-state index contributed by atoms with van der Waals surface area (Å²) in [6.07, 6.45) is 0.663. The molecule has 1 aromatic rings. The second-order valence-corrected chi connectivity index (χ2v) is 3.73. The predicted molar refractivity (Wildman–Crippen MR) is 55.2 cm³/mol. The van der Waals surface area contributed by atoms with E-state index in [2.05, 4.69) is 0 Å². The van der Waals surface area contributed by atoms with E-state index in [0.717, 1.165) is 5.56 Å². The number of epoxide rings is 1. The standard InChI is InChI=1S/C12H14O3/c1-9-11(15-9)7-12(13)14-8-10-5-3-2-4-6-10/h2-6,9,11H,7-8H2,1H3. The minimum absolute atomic E-state index is 0.0771. The summed E-state index contributed by atoms with van der Waals surface area (Å²) in [5, 5.41) is 0. The molecule has 2 unspecified atom stereocenters. The van der Waals surface area contributed by atoms with Gasteiger partial charge in [0.05, 0.1) is 18.6 Å². The van der Waals surface area contributed by atoms with Crippen molar-refractivity contribution in [3.05, 3.63) is 35.9 Å². The normalized spacial score (nSPS) is 23.5. The first kappa shape index (κ1) is 10.2. The largest absolute Gasteiger partial charge is 0.461 e. The van der Waals surface area contributed by atoms with Crippen LogP contribution in [0.25, 0.3) is 0 Å². The number of carbonyl (C=O) groups excluding carboxylic acids is 1. The molecule has 80 valence electrons. The minimum Gasteiger partial charge on any atom is -0.461 e. The Morgan fingerprint density at radius 1 is 1.40 bits per heavy atom. The summed E-state index contributed by atoms with van der Waals surface area (Å²) in [5.41, 5.74) is 1.01. The van der Waals surface area contributed by atoms with Crippen molar-refractivity contribution in [1.82, 2.24) is 0 Å². The lowest BCUT2D eigenvalue weighted by Crippen LogP contribution is -2.08. The minimum atomic E-state index is -0.187. The van der Waals surface area contributed by atoms with Crippen LogP contribution in [0.3, 0.4) is 0 Å². The molecule has 0 radical (unpaired) electrons. The molecule has 3 heteroatoms. The van der Waals surface area contributed by atoms with Gasteiger partial charge in [0, 0.05) is 0 Å². The van der Waals surface area contributed by atoms with E-state index in [1.165, 1.54) is 0 Å². The van der Waals surface area contributed by atoms with E-state index < -0.39 is 0 Å². The highest BCUT2D eigenvalue weighted by atomic mass is 16.6. The SMILES string of the molecule is CC1OC1CC(=O)OCc1ccccc1. The summed E-state index contributed by atoms with van der Waals surface area (Å²) in [6, 6.07) is 9.66. The van der Waals surface area contributed by atoms with Crippen LogP contribution in [0.2, 0.25) is 0 Å². The highest BCUT2D eigenvalue weighted by Crippen LogP contribution is 2.24. The molecule has 0 aromatic heterocycles. The Hall–Kier alpha value is -1.35. The molecule has 1 aliphatic heterocycles. The molecule has 1 aromatic carbocycles. The molecule has 1 fully saturated rings. The molecule has 2 rings (SSSR count). The summed E-state index contributed by atoms with van der Waals surface area (Å²) < 4.78 is 10.2. The summed E-state index contributed by atoms with van der Waals surface area (Å²) in [6.45, 7) is 2.30. The van der Waals surface area contributed by atoms with Gasteiger partial charge in [0.15, 0.2) is 0 Å². The van der Waals surface area contributed by atoms with Crippen LogP contribution in [-0.2, 0) is 20.9 Å². The van der Waals surface area contributed by atoms with Crippen molar-refractivity contribution in [2.24, 2.45) is 0 Å². The lowest BCUT2D eigenvalue weighted by Gasteiger charge is -2.03. The molecular weight excluding hydrogens is 192 g/mol. The van der Waals surface area contributed by atoms with Crippen molar-refractivity contribution in [3.8, 4) is 0 Å². The molecule has 0 bridgehead atoms. The van der Waals surface area contributed by atoms with E-state index in [-0.39, 0.29) is 18.2 Å². The van der Waals surface area contributed by atoms with Gasteiger partial charge < -0.3 is 9.47 Å². The Morgan fingerprint density at radius 3 is 2.67 bits per heavy atom. The van der Waals surface area contributed by atoms with Gasteiger partial charge >= 0.3 is 5.97 Å². The summed E-state index contributed by atoms with van der Waals surface area (Å²) in [7, 11) is 0. The van der Waals surface area contributed by atoms with Gasteiger partial charge in [0.2, 0.25) is 0 Å². The highest BCUT2D eigenvalue weighted by Gasteiger charge is 2.36. The van der Waals surface area contributed by atoms with Gasteiger partial charge in [-0.25, -0.2) is 0 Å². The molecule has 0 aliphatic carbocycles. The maximum Gasteiger partial charge on any atom is 0.308 e. The molecule has 1 saturated heterocycles. The summed E-state index contributed by atoms with van der Waals surface area (Å²) in [5.74, 6) is -0.187. The number of ether oxygens (including phenoxy) is 2. The maximum atomic E-state index is 11.3. The molecule has 0 saturated carbocycles. The lowest BCUT2D eigenvalue weighted by molar-refractivity contribution is -0.145. The Labute approximate surface area is 89.0 Å². The molecule has 15 heavy (non-hydrogen) atoms. The van der Waals surface area contributed by atoms with Gasteiger partial charge in [-0.05, 0) is 12.5 Å². The lowest BCUT2D eigenvalue weighted by atomic mass is 10.2. The Kier molecular flexibility index (Phi) is 3.02. The van der Waals surface area contributed by atoms with E-state index in [4.69, 9.17) is 9.47 Å². The number of hydrogen-bond donors (Lipinski definition) is 0. The van der Waals surface area contributed by atoms with Crippen LogP contribution in [0.1, 0.15) is 18.9 Å². The number of hydrogen-bond acceptors (Lipinski definition) is 3. The quantitative estimate of drug-likeness (QED) is 0.558. The first-order valence-corrected chi connectivity index (χ1v) is 5.11. The summed E-state index contributed by atoms with van der Waals surface area (Å²) >= 11 is 0. The zero-order valence-corrected chi connectivity index (χ0v) is 8.68. The molecule has 0 spiro atoms. The zero-order chi connectivity index (χ0) is 10.7. The Morgan fingerprint density at radius 2 is 2.07 bits per heavy atom. The number of benzene rings is 1. The predicted octanol–water partition coefficient (Wildman–Crippen LogP) is 1.91. The molecule has 1 heterocycles. The van der Waals surface area contributed by atoms with Gasteiger partial charge in [-0.1, -0.05) is 30.3 Å². The van der Waals surface area contributed by atoms with E-state index >= 15 is 0 Å². The molecule has 0 N–H and O–H groups in total. The molecule has 2 atom stereocenters. The third kappa shape index (κ3) is 3.06. The van der Waals surface area contributed by atoms with Crippen LogP contribution in [0.5, 0.6) is 0 Å². The third-order valence-corrected chi connectivity index (χ3v) is 2.45. The number of rotatable bonds is 4. The van der Waals surface area contributed by atoms with Crippen molar-refractivity contribution in [3.63, 3.8) is 0 Å². The summed E-state index contributed by atoms with van der Waals surface area (Å²) in [4.78, 5) is 11.3. The van der Waals surface area contributed by atoms with Crippen LogP contribution >= 0.6 is 0 Å². The van der Waals surface area contributed by atoms with Crippen LogP contribution in [0, 0.1) is 0 Å². The molecule has 3 nitrogen and oxygen atoms in total. The van der Waals surface area contributed by atoms with Crippen LogP contribution in [0.15, 0.2) is 30.3 Å². The number of carbonyl (C=O) groups is 1. The van der Waals surface area contributed by atoms with Crippen LogP contribution in [0.4, 0.5) is 0 Å². The second kappa shape index (κ2) is 4.45. The highest BCUT2D eigenvalue weighted by molar-refractivity contribution is 5.70. The van der Waals surface area contributed by atoms with Gasteiger partial charge in [-0.3, -0.25) is 4.79 Å². The zero-order valence-electron chi connectivity index (χ0n) is 8.68. The van der Waals surface area contributed by atoms with E-state index in [1.54, 1.807) is 0 Å². The van der Waals surface area contributed by atoms with Crippen LogP contribution in [-0.4, -0.2) is 18.2 Å². The fourth-order valence-corrected chi connectivity index (χ4v) is 1.41. The van der Waals surface area contributed by atoms with Gasteiger partial charge in [-0.15, -0.1) is 0 Å². The fourth-order valence-electron chi connectivity index (χ4n) is 1.41. The van der Waals surface area contributed by atoms with Gasteiger partial charge in [-0.2, -0.15) is 0 Å².